The third-order valence-corrected chi connectivity index (χ3v) is 3.98. The second kappa shape index (κ2) is 6.89. The van der Waals surface area contributed by atoms with Gasteiger partial charge < -0.3 is 0 Å². The number of hydrogen-bond acceptors (Lipinski definition) is 1. The van der Waals surface area contributed by atoms with E-state index >= 15 is 0 Å². The van der Waals surface area contributed by atoms with Crippen LogP contribution in [-0.4, -0.2) is 15.7 Å². The van der Waals surface area contributed by atoms with E-state index in [4.69, 9.17) is 11.6 Å². The second-order valence-electron chi connectivity index (χ2n) is 5.16. The first-order valence-electron chi connectivity index (χ1n) is 6.94. The van der Waals surface area contributed by atoms with Gasteiger partial charge in [0.25, 0.3) is 0 Å². The zero-order valence-corrected chi connectivity index (χ0v) is 12.7. The minimum absolute atomic E-state index is 0.199. The molecule has 1 aromatic heterocycles. The molecule has 1 aromatic carbocycles. The van der Waals surface area contributed by atoms with Crippen molar-refractivity contribution in [1.82, 2.24) is 9.78 Å². The maximum absolute atomic E-state index is 12.9. The Hall–Kier alpha value is -1.35. The highest BCUT2D eigenvalue weighted by Crippen LogP contribution is 2.17. The molecule has 0 bridgehead atoms. The molecule has 0 saturated heterocycles. The van der Waals surface area contributed by atoms with Gasteiger partial charge in [-0.3, -0.25) is 4.68 Å². The summed E-state index contributed by atoms with van der Waals surface area (Å²) >= 11 is 6.09. The molecule has 2 aromatic rings. The molecule has 2 nitrogen and oxygen atoms in total. The lowest BCUT2D eigenvalue weighted by molar-refractivity contribution is 0.550. The highest BCUT2D eigenvalue weighted by molar-refractivity contribution is 6.18. The van der Waals surface area contributed by atoms with Gasteiger partial charge in [0.05, 0.1) is 5.69 Å². The van der Waals surface area contributed by atoms with Crippen LogP contribution in [0.4, 0.5) is 4.39 Å². The van der Waals surface area contributed by atoms with E-state index < -0.39 is 0 Å². The molecule has 0 saturated carbocycles. The number of aryl methyl sites for hydroxylation is 2. The summed E-state index contributed by atoms with van der Waals surface area (Å²) in [5, 5.41) is 4.46. The molecule has 0 N–H and O–H groups in total. The first-order valence-corrected chi connectivity index (χ1v) is 7.48. The molecule has 0 amide bonds. The molecule has 0 aliphatic heterocycles. The van der Waals surface area contributed by atoms with Gasteiger partial charge in [-0.15, -0.1) is 11.6 Å². The average Bonchev–Trinajstić information content (AvgIpc) is 2.81. The maximum atomic E-state index is 12.9. The van der Waals surface area contributed by atoms with Crippen molar-refractivity contribution in [3.8, 4) is 0 Å². The number of aromatic nitrogens is 2. The van der Waals surface area contributed by atoms with Crippen molar-refractivity contribution < 1.29 is 4.39 Å². The fourth-order valence-electron chi connectivity index (χ4n) is 2.37. The topological polar surface area (TPSA) is 17.8 Å². The average molecular weight is 295 g/mol. The molecule has 2 rings (SSSR count). The van der Waals surface area contributed by atoms with Crippen molar-refractivity contribution in [3.63, 3.8) is 0 Å². The Balaban J connectivity index is 2.04. The van der Waals surface area contributed by atoms with E-state index in [9.17, 15) is 4.39 Å². The van der Waals surface area contributed by atoms with Crippen molar-refractivity contribution in [2.75, 3.05) is 5.88 Å². The smallest absolute Gasteiger partial charge is 0.123 e. The van der Waals surface area contributed by atoms with E-state index in [-0.39, 0.29) is 5.82 Å². The number of halogens is 2. The number of rotatable bonds is 6. The van der Waals surface area contributed by atoms with Gasteiger partial charge in [0.15, 0.2) is 0 Å². The SMILES string of the molecule is CCc1cc(CC(CCl)Cc2ccc(F)cc2)n(C)n1. The van der Waals surface area contributed by atoms with E-state index in [1.165, 1.54) is 17.8 Å². The van der Waals surface area contributed by atoms with Gasteiger partial charge >= 0.3 is 0 Å². The summed E-state index contributed by atoms with van der Waals surface area (Å²) in [6.07, 6.45) is 2.69. The summed E-state index contributed by atoms with van der Waals surface area (Å²) in [6, 6.07) is 8.80. The number of benzene rings is 1. The van der Waals surface area contributed by atoms with Crippen molar-refractivity contribution in [2.24, 2.45) is 13.0 Å². The second-order valence-corrected chi connectivity index (χ2v) is 5.47. The van der Waals surface area contributed by atoms with E-state index in [0.29, 0.717) is 11.8 Å². The number of nitrogens with zero attached hydrogens (tertiary/aromatic N) is 2. The van der Waals surface area contributed by atoms with Crippen molar-refractivity contribution >= 4 is 11.6 Å². The van der Waals surface area contributed by atoms with E-state index in [0.717, 1.165) is 30.5 Å². The largest absolute Gasteiger partial charge is 0.272 e. The zero-order chi connectivity index (χ0) is 14.5. The van der Waals surface area contributed by atoms with Gasteiger partial charge in [-0.05, 0) is 48.9 Å². The van der Waals surface area contributed by atoms with Gasteiger partial charge in [0.2, 0.25) is 0 Å². The van der Waals surface area contributed by atoms with Crippen LogP contribution >= 0.6 is 11.6 Å². The summed E-state index contributed by atoms with van der Waals surface area (Å²) in [7, 11) is 1.97. The van der Waals surface area contributed by atoms with Gasteiger partial charge in [0, 0.05) is 18.6 Å². The third-order valence-electron chi connectivity index (χ3n) is 3.54. The molecule has 4 heteroatoms. The fourth-order valence-corrected chi connectivity index (χ4v) is 2.58. The first kappa shape index (κ1) is 15.0. The van der Waals surface area contributed by atoms with Gasteiger partial charge in [-0.2, -0.15) is 5.10 Å². The lowest BCUT2D eigenvalue weighted by Gasteiger charge is -2.14. The van der Waals surface area contributed by atoms with Gasteiger partial charge in [-0.25, -0.2) is 4.39 Å². The van der Waals surface area contributed by atoms with E-state index in [1.807, 2.05) is 23.9 Å². The standard InChI is InChI=1S/C16H20ClFN2/c1-3-15-10-16(20(2)19-15)9-13(11-17)8-12-4-6-14(18)7-5-12/h4-7,10,13H,3,8-9,11H2,1-2H3. The Morgan fingerprint density at radius 2 is 1.95 bits per heavy atom. The monoisotopic (exact) mass is 294 g/mol. The Bertz CT molecular complexity index is 548. The van der Waals surface area contributed by atoms with E-state index in [1.54, 1.807) is 0 Å². The molecule has 1 heterocycles. The Morgan fingerprint density at radius 1 is 1.25 bits per heavy atom. The minimum Gasteiger partial charge on any atom is -0.272 e. The van der Waals surface area contributed by atoms with Crippen molar-refractivity contribution in [2.45, 2.75) is 26.2 Å². The minimum atomic E-state index is -0.199. The predicted octanol–water partition coefficient (Wildman–Crippen LogP) is 3.76. The number of hydrogen-bond donors (Lipinski definition) is 0. The van der Waals surface area contributed by atoms with Crippen LogP contribution in [-0.2, 0) is 26.3 Å². The van der Waals surface area contributed by atoms with Crippen molar-refractivity contribution in [3.05, 3.63) is 53.1 Å². The molecule has 1 atom stereocenters. The Labute approximate surface area is 124 Å². The summed E-state index contributed by atoms with van der Waals surface area (Å²) in [6.45, 7) is 2.10. The highest BCUT2D eigenvalue weighted by atomic mass is 35.5. The predicted molar refractivity (Wildman–Crippen MR) is 80.6 cm³/mol. The fraction of sp³-hybridized carbons (Fsp3) is 0.438. The van der Waals surface area contributed by atoms with Gasteiger partial charge in [0.1, 0.15) is 5.82 Å². The number of alkyl halides is 1. The van der Waals surface area contributed by atoms with Crippen LogP contribution in [0.15, 0.2) is 30.3 Å². The first-order chi connectivity index (χ1) is 9.62. The molecular formula is C16H20ClFN2. The molecule has 0 aliphatic rings. The quantitative estimate of drug-likeness (QED) is 0.742. The Kier molecular flexibility index (Phi) is 5.18. The molecule has 1 unspecified atom stereocenters. The molecule has 0 fully saturated rings. The molecule has 0 aliphatic carbocycles. The van der Waals surface area contributed by atoms with E-state index in [2.05, 4.69) is 18.1 Å². The van der Waals surface area contributed by atoms with Crippen LogP contribution in [0.2, 0.25) is 0 Å². The molecular weight excluding hydrogens is 275 g/mol. The van der Waals surface area contributed by atoms with Crippen LogP contribution in [0.1, 0.15) is 23.9 Å². The lowest BCUT2D eigenvalue weighted by Crippen LogP contribution is -2.12. The van der Waals surface area contributed by atoms with Crippen LogP contribution in [0, 0.1) is 11.7 Å². The molecule has 0 radical (unpaired) electrons. The van der Waals surface area contributed by atoms with Crippen LogP contribution in [0.5, 0.6) is 0 Å². The summed E-state index contributed by atoms with van der Waals surface area (Å²) in [5.74, 6) is 0.724. The van der Waals surface area contributed by atoms with Gasteiger partial charge in [-0.1, -0.05) is 19.1 Å². The zero-order valence-electron chi connectivity index (χ0n) is 11.9. The third kappa shape index (κ3) is 3.83. The normalized spacial score (nSPS) is 12.6. The van der Waals surface area contributed by atoms with Crippen LogP contribution < -0.4 is 0 Å². The molecule has 0 spiro atoms. The van der Waals surface area contributed by atoms with Crippen LogP contribution in [0.25, 0.3) is 0 Å². The van der Waals surface area contributed by atoms with Crippen LogP contribution in [0.3, 0.4) is 0 Å². The highest BCUT2D eigenvalue weighted by Gasteiger charge is 2.13. The molecule has 20 heavy (non-hydrogen) atoms. The summed E-state index contributed by atoms with van der Waals surface area (Å²) < 4.78 is 14.8. The van der Waals surface area contributed by atoms with Crippen molar-refractivity contribution in [1.29, 1.82) is 0 Å². The summed E-state index contributed by atoms with van der Waals surface area (Å²) in [5.41, 5.74) is 3.43. The molecule has 108 valence electrons. The maximum Gasteiger partial charge on any atom is 0.123 e. The Morgan fingerprint density at radius 3 is 2.50 bits per heavy atom. The summed E-state index contributed by atoms with van der Waals surface area (Å²) in [4.78, 5) is 0. The lowest BCUT2D eigenvalue weighted by atomic mass is 9.96.